The standard InChI is InChI=1S/C26H32N4O3/c1-20-7-9-23(10-8-20)27-24(31)19-28-13-15-29(16-14-28)26(33)22-17-25(32)30(18-22)12-11-21-5-3-2-4-6-21/h2-10,22H,11-19H2,1H3,(H,27,31)/t22-/m0/s1. The van der Waals surface area contributed by atoms with E-state index in [1.54, 1.807) is 0 Å². The molecular weight excluding hydrogens is 416 g/mol. The number of rotatable bonds is 7. The molecule has 2 saturated heterocycles. The maximum Gasteiger partial charge on any atom is 0.238 e. The van der Waals surface area contributed by atoms with Gasteiger partial charge >= 0.3 is 0 Å². The summed E-state index contributed by atoms with van der Waals surface area (Å²) in [6, 6.07) is 17.8. The summed E-state index contributed by atoms with van der Waals surface area (Å²) < 4.78 is 0. The number of likely N-dealkylation sites (tertiary alicyclic amines) is 1. The first kappa shape index (κ1) is 23.0. The first-order valence-corrected chi connectivity index (χ1v) is 11.7. The molecule has 1 atom stereocenters. The Kier molecular flexibility index (Phi) is 7.40. The predicted molar refractivity (Wildman–Crippen MR) is 128 cm³/mol. The van der Waals surface area contributed by atoms with Crippen molar-refractivity contribution < 1.29 is 14.4 Å². The van der Waals surface area contributed by atoms with E-state index < -0.39 is 0 Å². The van der Waals surface area contributed by atoms with Crippen LogP contribution in [-0.2, 0) is 20.8 Å². The summed E-state index contributed by atoms with van der Waals surface area (Å²) in [5.74, 6) is -0.177. The highest BCUT2D eigenvalue weighted by Crippen LogP contribution is 2.21. The highest BCUT2D eigenvalue weighted by atomic mass is 16.2. The predicted octanol–water partition coefficient (Wildman–Crippen LogP) is 2.17. The first-order chi connectivity index (χ1) is 16.0. The van der Waals surface area contributed by atoms with Crippen LogP contribution in [0.5, 0.6) is 0 Å². The van der Waals surface area contributed by atoms with Gasteiger partial charge in [0.05, 0.1) is 12.5 Å². The monoisotopic (exact) mass is 448 g/mol. The fraction of sp³-hybridized carbons (Fsp3) is 0.423. The van der Waals surface area contributed by atoms with Gasteiger partial charge in [0.15, 0.2) is 0 Å². The van der Waals surface area contributed by atoms with Gasteiger partial charge in [-0.3, -0.25) is 19.3 Å². The highest BCUT2D eigenvalue weighted by Gasteiger charge is 2.37. The van der Waals surface area contributed by atoms with Gasteiger partial charge in [-0.2, -0.15) is 0 Å². The minimum Gasteiger partial charge on any atom is -0.342 e. The van der Waals surface area contributed by atoms with E-state index in [0.29, 0.717) is 52.2 Å². The zero-order valence-corrected chi connectivity index (χ0v) is 19.2. The maximum absolute atomic E-state index is 13.0. The van der Waals surface area contributed by atoms with E-state index >= 15 is 0 Å². The fourth-order valence-electron chi connectivity index (χ4n) is 4.49. The number of nitrogens with one attached hydrogen (secondary N) is 1. The largest absolute Gasteiger partial charge is 0.342 e. The van der Waals surface area contributed by atoms with Gasteiger partial charge in [-0.1, -0.05) is 48.0 Å². The molecule has 0 bridgehead atoms. The van der Waals surface area contributed by atoms with Gasteiger partial charge in [-0.25, -0.2) is 0 Å². The zero-order chi connectivity index (χ0) is 23.2. The van der Waals surface area contributed by atoms with Crippen LogP contribution in [-0.4, -0.2) is 78.2 Å². The molecule has 3 amide bonds. The Morgan fingerprint density at radius 1 is 0.970 bits per heavy atom. The Balaban J connectivity index is 1.20. The highest BCUT2D eigenvalue weighted by molar-refractivity contribution is 5.92. The molecule has 0 aromatic heterocycles. The van der Waals surface area contributed by atoms with Crippen molar-refractivity contribution in [3.63, 3.8) is 0 Å². The summed E-state index contributed by atoms with van der Waals surface area (Å²) >= 11 is 0. The molecule has 7 nitrogen and oxygen atoms in total. The quantitative estimate of drug-likeness (QED) is 0.705. The molecule has 2 fully saturated rings. The molecule has 4 rings (SSSR count). The molecule has 0 radical (unpaired) electrons. The van der Waals surface area contributed by atoms with Crippen LogP contribution in [0.25, 0.3) is 0 Å². The second kappa shape index (κ2) is 10.6. The van der Waals surface area contributed by atoms with Gasteiger partial charge in [0.2, 0.25) is 17.7 Å². The molecule has 2 aliphatic rings. The Hall–Kier alpha value is -3.19. The molecule has 0 saturated carbocycles. The van der Waals surface area contributed by atoms with Crippen LogP contribution in [0.3, 0.4) is 0 Å². The van der Waals surface area contributed by atoms with Crippen molar-refractivity contribution in [3.05, 3.63) is 65.7 Å². The third kappa shape index (κ3) is 6.20. The molecule has 2 aromatic carbocycles. The third-order valence-electron chi connectivity index (χ3n) is 6.46. The van der Waals surface area contributed by atoms with Crippen LogP contribution >= 0.6 is 0 Å². The third-order valence-corrected chi connectivity index (χ3v) is 6.46. The average Bonchev–Trinajstić information content (AvgIpc) is 3.20. The van der Waals surface area contributed by atoms with Gasteiger partial charge in [0.1, 0.15) is 0 Å². The van der Waals surface area contributed by atoms with Crippen LogP contribution in [0.1, 0.15) is 17.5 Å². The molecule has 1 N–H and O–H groups in total. The van der Waals surface area contributed by atoms with Crippen molar-refractivity contribution in [3.8, 4) is 0 Å². The van der Waals surface area contributed by atoms with Crippen molar-refractivity contribution in [1.82, 2.24) is 14.7 Å². The van der Waals surface area contributed by atoms with Crippen molar-refractivity contribution >= 4 is 23.4 Å². The Labute approximate surface area is 195 Å². The minimum atomic E-state index is -0.260. The van der Waals surface area contributed by atoms with E-state index in [-0.39, 0.29) is 23.6 Å². The average molecular weight is 449 g/mol. The van der Waals surface area contributed by atoms with Crippen LogP contribution in [0.2, 0.25) is 0 Å². The number of nitrogens with zero attached hydrogens (tertiary/aromatic N) is 3. The number of benzene rings is 2. The molecule has 0 aliphatic carbocycles. The number of anilines is 1. The van der Waals surface area contributed by atoms with E-state index in [9.17, 15) is 14.4 Å². The summed E-state index contributed by atoms with van der Waals surface area (Å²) in [5, 5.41) is 2.92. The minimum absolute atomic E-state index is 0.0472. The second-order valence-corrected chi connectivity index (χ2v) is 8.99. The molecule has 0 unspecified atom stereocenters. The molecule has 0 spiro atoms. The normalized spacial score (nSPS) is 19.1. The van der Waals surface area contributed by atoms with E-state index in [4.69, 9.17) is 0 Å². The van der Waals surface area contributed by atoms with Gasteiger partial charge in [-0.05, 0) is 31.0 Å². The lowest BCUT2D eigenvalue weighted by Crippen LogP contribution is -2.52. The Morgan fingerprint density at radius 2 is 1.67 bits per heavy atom. The number of aryl methyl sites for hydroxylation is 1. The SMILES string of the molecule is Cc1ccc(NC(=O)CN2CCN(C(=O)[C@H]3CC(=O)N(CCc4ccccc4)C3)CC2)cc1. The molecule has 33 heavy (non-hydrogen) atoms. The summed E-state index contributed by atoms with van der Waals surface area (Å²) in [4.78, 5) is 43.5. The fourth-order valence-corrected chi connectivity index (χ4v) is 4.49. The number of carbonyl (C=O) groups is 3. The number of hydrogen-bond acceptors (Lipinski definition) is 4. The summed E-state index contributed by atoms with van der Waals surface area (Å²) in [7, 11) is 0. The van der Waals surface area contributed by atoms with Crippen LogP contribution in [0, 0.1) is 12.8 Å². The number of carbonyl (C=O) groups excluding carboxylic acids is 3. The van der Waals surface area contributed by atoms with Crippen LogP contribution in [0.15, 0.2) is 54.6 Å². The van der Waals surface area contributed by atoms with E-state index in [0.717, 1.165) is 17.7 Å². The summed E-state index contributed by atoms with van der Waals surface area (Å²) in [5.41, 5.74) is 3.14. The molecule has 7 heteroatoms. The second-order valence-electron chi connectivity index (χ2n) is 8.99. The number of hydrogen-bond donors (Lipinski definition) is 1. The van der Waals surface area contributed by atoms with Crippen molar-refractivity contribution in [2.45, 2.75) is 19.8 Å². The molecule has 2 aromatic rings. The smallest absolute Gasteiger partial charge is 0.238 e. The molecule has 2 heterocycles. The Morgan fingerprint density at radius 3 is 2.36 bits per heavy atom. The number of piperazine rings is 1. The topological polar surface area (TPSA) is 73.0 Å². The lowest BCUT2D eigenvalue weighted by atomic mass is 10.1. The van der Waals surface area contributed by atoms with Crippen molar-refractivity contribution in [2.75, 3.05) is 51.1 Å². The summed E-state index contributed by atoms with van der Waals surface area (Å²) in [6.45, 7) is 5.97. The van der Waals surface area contributed by atoms with Crippen LogP contribution in [0.4, 0.5) is 5.69 Å². The lowest BCUT2D eigenvalue weighted by molar-refractivity contribution is -0.137. The zero-order valence-electron chi connectivity index (χ0n) is 19.2. The Bertz CT molecular complexity index is 969. The molecule has 2 aliphatic heterocycles. The van der Waals surface area contributed by atoms with Gasteiger partial charge in [0, 0.05) is 51.4 Å². The van der Waals surface area contributed by atoms with E-state index in [1.807, 2.05) is 59.2 Å². The molecular formula is C26H32N4O3. The first-order valence-electron chi connectivity index (χ1n) is 11.7. The van der Waals surface area contributed by atoms with Gasteiger partial charge in [-0.15, -0.1) is 0 Å². The van der Waals surface area contributed by atoms with Gasteiger partial charge < -0.3 is 15.1 Å². The maximum atomic E-state index is 13.0. The van der Waals surface area contributed by atoms with Gasteiger partial charge in [0.25, 0.3) is 0 Å². The van der Waals surface area contributed by atoms with Crippen molar-refractivity contribution in [1.29, 1.82) is 0 Å². The van der Waals surface area contributed by atoms with Crippen molar-refractivity contribution in [2.24, 2.45) is 5.92 Å². The number of amides is 3. The molecule has 174 valence electrons. The summed E-state index contributed by atoms with van der Waals surface area (Å²) in [6.07, 6.45) is 1.10. The van der Waals surface area contributed by atoms with Crippen LogP contribution < -0.4 is 5.32 Å². The van der Waals surface area contributed by atoms with E-state index in [1.165, 1.54) is 5.56 Å². The lowest BCUT2D eigenvalue weighted by Gasteiger charge is -2.35. The van der Waals surface area contributed by atoms with E-state index in [2.05, 4.69) is 22.3 Å².